The van der Waals surface area contributed by atoms with Crippen molar-refractivity contribution >= 4 is 43.7 Å². The summed E-state index contributed by atoms with van der Waals surface area (Å²) in [5.74, 6) is 0. The quantitative estimate of drug-likeness (QED) is 0.372. The third-order valence-electron chi connectivity index (χ3n) is 3.66. The average molecular weight is 387 g/mol. The van der Waals surface area contributed by atoms with E-state index in [0.717, 1.165) is 0 Å². The Hall–Kier alpha value is 1.39. The molecule has 97 valence electrons. The number of hydrogen-bond acceptors (Lipinski definition) is 0. The lowest BCUT2D eigenvalue weighted by Gasteiger charge is -2.60. The highest BCUT2D eigenvalue weighted by molar-refractivity contribution is 9.51. The predicted molar refractivity (Wildman–Crippen MR) is 88.5 cm³/mol. The molecule has 0 unspecified atom stereocenters. The zero-order valence-electron chi connectivity index (χ0n) is 12.3. The molecule has 0 bridgehead atoms. The Morgan fingerprint density at radius 3 is 0.812 bits per heavy atom. The van der Waals surface area contributed by atoms with Crippen molar-refractivity contribution in [3.63, 3.8) is 0 Å². The van der Waals surface area contributed by atoms with Crippen LogP contribution in [0.2, 0.25) is 15.1 Å². The minimum absolute atomic E-state index is 0.394. The molecule has 0 atom stereocenters. The second kappa shape index (κ2) is 4.82. The third kappa shape index (κ3) is 2.70. The highest BCUT2D eigenvalue weighted by Crippen LogP contribution is 2.64. The fourth-order valence-electron chi connectivity index (χ4n) is 4.23. The highest BCUT2D eigenvalue weighted by atomic mass is 79.9. The molecule has 16 heavy (non-hydrogen) atoms. The molecule has 0 rings (SSSR count). The molecule has 0 aromatic rings. The van der Waals surface area contributed by atoms with E-state index < -0.39 is 13.1 Å². The third-order valence-corrected chi connectivity index (χ3v) is 30.1. The summed E-state index contributed by atoms with van der Waals surface area (Å²) in [6.45, 7) is 21.9. The van der Waals surface area contributed by atoms with Crippen molar-refractivity contribution in [1.82, 2.24) is 0 Å². The van der Waals surface area contributed by atoms with E-state index in [4.69, 9.17) is 0 Å². The van der Waals surface area contributed by atoms with Crippen LogP contribution in [0.4, 0.5) is 0 Å². The second-order valence-corrected chi connectivity index (χ2v) is 30.4. The van der Waals surface area contributed by atoms with Crippen molar-refractivity contribution in [3.05, 3.63) is 0 Å². The van der Waals surface area contributed by atoms with Gasteiger partial charge in [-0.05, 0) is 15.1 Å². The zero-order chi connectivity index (χ0) is 13.6. The lowest BCUT2D eigenvalue weighted by molar-refractivity contribution is 0.556. The lowest BCUT2D eigenvalue weighted by atomic mass is 10.2. The highest BCUT2D eigenvalue weighted by Gasteiger charge is 2.63. The first kappa shape index (κ1) is 17.4. The molecule has 0 heterocycles. The average Bonchev–Trinajstić information content (AvgIpc) is 1.71. The van der Waals surface area contributed by atoms with Gasteiger partial charge in [0.15, 0.2) is 0 Å². The van der Waals surface area contributed by atoms with E-state index in [9.17, 15) is 0 Å². The summed E-state index contributed by atoms with van der Waals surface area (Å²) >= 11 is 7.97. The zero-order valence-corrected chi connectivity index (χ0v) is 17.4. The van der Waals surface area contributed by atoms with Crippen molar-refractivity contribution in [2.75, 3.05) is 0 Å². The molecule has 0 aromatic heterocycles. The van der Waals surface area contributed by atoms with E-state index in [0.29, 0.717) is 15.1 Å². The Morgan fingerprint density at radius 2 is 0.812 bits per heavy atom. The van der Waals surface area contributed by atoms with E-state index in [1.54, 1.807) is 0 Å². The second-order valence-electron chi connectivity index (χ2n) is 7.76. The minimum atomic E-state index is -1.54. The Balaban J connectivity index is 6.05. The summed E-state index contributed by atoms with van der Waals surface area (Å²) in [5, 5.41) is 1.18. The van der Waals surface area contributed by atoms with Crippen LogP contribution in [0.1, 0.15) is 62.3 Å². The topological polar surface area (TPSA) is 0 Å². The van der Waals surface area contributed by atoms with Gasteiger partial charge in [0.05, 0.1) is 7.59 Å². The molecule has 0 N–H and O–H groups in total. The fourth-order valence-corrected chi connectivity index (χ4v) is 49.9. The van der Waals surface area contributed by atoms with Gasteiger partial charge in [-0.15, -0.1) is 30.6 Å². The van der Waals surface area contributed by atoms with Crippen molar-refractivity contribution in [2.24, 2.45) is 0 Å². The van der Waals surface area contributed by atoms with Crippen LogP contribution in [0.25, 0.3) is 0 Å². The van der Waals surface area contributed by atoms with Crippen molar-refractivity contribution in [2.45, 2.75) is 77.4 Å². The standard InChI is InChI=1S/C12H27Br2Si2/c1-10(2,3)16(15(13)14,11(4,5)6)12(7,8)9/h1-9H3. The molecular formula is C12H27Br2Si2. The van der Waals surface area contributed by atoms with Crippen LogP contribution in [0.3, 0.4) is 0 Å². The van der Waals surface area contributed by atoms with Gasteiger partial charge in [0.2, 0.25) is 5.55 Å². The van der Waals surface area contributed by atoms with Gasteiger partial charge in [0, 0.05) is 0 Å². The molecule has 4 heteroatoms. The van der Waals surface area contributed by atoms with Crippen LogP contribution in [0.15, 0.2) is 0 Å². The fraction of sp³-hybridized carbons (Fsp3) is 1.00. The monoisotopic (exact) mass is 385 g/mol. The molecule has 0 amide bonds. The maximum absolute atomic E-state index is 3.99. The Morgan fingerprint density at radius 1 is 0.625 bits per heavy atom. The molecule has 0 nitrogen and oxygen atoms in total. The van der Waals surface area contributed by atoms with Gasteiger partial charge in [-0.25, -0.2) is 0 Å². The summed E-state index contributed by atoms with van der Waals surface area (Å²) in [5.41, 5.74) is -0.640. The van der Waals surface area contributed by atoms with Gasteiger partial charge >= 0.3 is 0 Å². The summed E-state index contributed by atoms with van der Waals surface area (Å²) < 4.78 is 0. The maximum Gasteiger partial charge on any atom is 0.205 e. The normalized spacial score (nSPS) is 15.8. The van der Waals surface area contributed by atoms with Crippen molar-refractivity contribution in [1.29, 1.82) is 0 Å². The van der Waals surface area contributed by atoms with E-state index in [1.807, 2.05) is 0 Å². The Bertz CT molecular complexity index is 205. The predicted octanol–water partition coefficient (Wildman–Crippen LogP) is 6.19. The van der Waals surface area contributed by atoms with Gasteiger partial charge in [-0.3, -0.25) is 0 Å². The Kier molecular flexibility index (Phi) is 5.24. The molecule has 1 radical (unpaired) electrons. The van der Waals surface area contributed by atoms with E-state index in [2.05, 4.69) is 92.9 Å². The molecule has 0 aliphatic rings. The molecule has 0 aliphatic heterocycles. The van der Waals surface area contributed by atoms with E-state index in [1.165, 1.54) is 0 Å². The summed E-state index contributed by atoms with van der Waals surface area (Å²) in [6, 6.07) is 0. The summed E-state index contributed by atoms with van der Waals surface area (Å²) in [4.78, 5) is 0. The molecule has 0 saturated carbocycles. The van der Waals surface area contributed by atoms with Crippen molar-refractivity contribution < 1.29 is 0 Å². The largest absolute Gasteiger partial charge is 0.205 e. The van der Waals surface area contributed by atoms with Gasteiger partial charge < -0.3 is 0 Å². The summed E-state index contributed by atoms with van der Waals surface area (Å²) in [7, 11) is -1.54. The molecular weight excluding hydrogens is 360 g/mol. The summed E-state index contributed by atoms with van der Waals surface area (Å²) in [6.07, 6.45) is 0. The minimum Gasteiger partial charge on any atom is -0.116 e. The SMILES string of the molecule is CC(C)(C)[Si]([Si](Br)Br)(C(C)(C)C)C(C)(C)C. The van der Waals surface area contributed by atoms with Crippen LogP contribution in [0.5, 0.6) is 0 Å². The van der Waals surface area contributed by atoms with Gasteiger partial charge in [0.25, 0.3) is 0 Å². The van der Waals surface area contributed by atoms with Crippen LogP contribution < -0.4 is 0 Å². The van der Waals surface area contributed by atoms with E-state index >= 15 is 0 Å². The van der Waals surface area contributed by atoms with E-state index in [-0.39, 0.29) is 0 Å². The van der Waals surface area contributed by atoms with Crippen LogP contribution >= 0.6 is 30.6 Å². The first-order valence-electron chi connectivity index (χ1n) is 5.88. The van der Waals surface area contributed by atoms with Crippen LogP contribution in [-0.2, 0) is 0 Å². The smallest absolute Gasteiger partial charge is 0.116 e. The number of hydrogen-bond donors (Lipinski definition) is 0. The van der Waals surface area contributed by atoms with Gasteiger partial charge in [-0.1, -0.05) is 62.3 Å². The van der Waals surface area contributed by atoms with Gasteiger partial charge in [-0.2, -0.15) is 0 Å². The number of halogens is 2. The van der Waals surface area contributed by atoms with Gasteiger partial charge in [0.1, 0.15) is 0 Å². The maximum atomic E-state index is 3.99. The first-order chi connectivity index (χ1) is 6.69. The first-order valence-corrected chi connectivity index (χ1v) is 14.9. The van der Waals surface area contributed by atoms with Crippen molar-refractivity contribution in [3.8, 4) is 0 Å². The molecule has 0 aromatic carbocycles. The molecule has 0 aliphatic carbocycles. The van der Waals surface area contributed by atoms with Crippen LogP contribution in [-0.4, -0.2) is 13.1 Å². The molecule has 0 spiro atoms. The molecule has 0 fully saturated rings. The van der Waals surface area contributed by atoms with Crippen LogP contribution in [0, 0.1) is 0 Å². The lowest BCUT2D eigenvalue weighted by Crippen LogP contribution is -2.65. The molecule has 0 saturated heterocycles. The Labute approximate surface area is 121 Å². The number of rotatable bonds is 1.